The Morgan fingerprint density at radius 2 is 1.52 bits per heavy atom. The van der Waals surface area contributed by atoms with E-state index in [1.165, 1.54) is 27.8 Å². The van der Waals surface area contributed by atoms with Crippen LogP contribution in [0.3, 0.4) is 0 Å². The third-order valence-corrected chi connectivity index (χ3v) is 4.97. The van der Waals surface area contributed by atoms with E-state index in [4.69, 9.17) is 0 Å². The molecule has 0 saturated carbocycles. The number of nitrogens with zero attached hydrogens (tertiary/aromatic N) is 2. The van der Waals surface area contributed by atoms with Crippen molar-refractivity contribution >= 4 is 0 Å². The van der Waals surface area contributed by atoms with E-state index in [-0.39, 0.29) is 20.1 Å². The summed E-state index contributed by atoms with van der Waals surface area (Å²) in [5.41, 5.74) is 7.81. The Morgan fingerprint density at radius 1 is 0.889 bits per heavy atom. The van der Waals surface area contributed by atoms with Crippen LogP contribution in [0.1, 0.15) is 76.0 Å². The van der Waals surface area contributed by atoms with Crippen molar-refractivity contribution < 1.29 is 20.1 Å². The summed E-state index contributed by atoms with van der Waals surface area (Å²) in [5, 5.41) is 4.45. The Labute approximate surface area is 177 Å². The maximum absolute atomic E-state index is 4.45. The first kappa shape index (κ1) is 21.6. The smallest absolute Gasteiger partial charge is 0.0493 e. The van der Waals surface area contributed by atoms with E-state index >= 15 is 0 Å². The molecule has 0 aliphatic heterocycles. The van der Waals surface area contributed by atoms with Gasteiger partial charge in [-0.25, -0.2) is 0 Å². The molecule has 145 valence electrons. The molecule has 0 spiro atoms. The molecule has 0 saturated heterocycles. The molecular weight excluding hydrogens is 508 g/mol. The second-order valence-electron chi connectivity index (χ2n) is 7.92. The van der Waals surface area contributed by atoms with Crippen molar-refractivity contribution in [3.05, 3.63) is 71.5 Å². The van der Waals surface area contributed by atoms with E-state index in [1.807, 2.05) is 29.2 Å². The molecule has 0 fully saturated rings. The van der Waals surface area contributed by atoms with Gasteiger partial charge in [0.2, 0.25) is 0 Å². The van der Waals surface area contributed by atoms with E-state index in [0.29, 0.717) is 17.8 Å². The molecular formula is C24H29IrN2-. The Morgan fingerprint density at radius 3 is 2.00 bits per heavy atom. The summed E-state index contributed by atoms with van der Waals surface area (Å²) in [5.74, 6) is 1.42. The van der Waals surface area contributed by atoms with Crippen LogP contribution in [-0.2, 0) is 20.1 Å². The molecule has 0 aliphatic carbocycles. The van der Waals surface area contributed by atoms with Gasteiger partial charge in [0, 0.05) is 32.5 Å². The van der Waals surface area contributed by atoms with Crippen LogP contribution in [-0.4, -0.2) is 9.78 Å². The molecule has 0 amide bonds. The number of hydrogen-bond acceptors (Lipinski definition) is 1. The number of para-hydroxylation sites is 1. The molecule has 3 rings (SSSR count). The minimum absolute atomic E-state index is 0. The number of hydrogen-bond donors (Lipinski definition) is 0. The minimum atomic E-state index is 0. The van der Waals surface area contributed by atoms with Gasteiger partial charge in [0.1, 0.15) is 0 Å². The van der Waals surface area contributed by atoms with Crippen molar-refractivity contribution in [1.82, 2.24) is 9.78 Å². The molecule has 1 radical (unpaired) electrons. The Kier molecular flexibility index (Phi) is 7.19. The minimum Gasteiger partial charge on any atom is -0.265 e. The maximum Gasteiger partial charge on any atom is 0.0493 e. The van der Waals surface area contributed by atoms with E-state index in [0.717, 1.165) is 5.69 Å². The Hall–Kier alpha value is -1.70. The van der Waals surface area contributed by atoms with Gasteiger partial charge in [-0.2, -0.15) is 29.4 Å². The molecule has 0 atom stereocenters. The molecule has 2 aromatic carbocycles. The van der Waals surface area contributed by atoms with Crippen LogP contribution in [0.2, 0.25) is 0 Å². The summed E-state index contributed by atoms with van der Waals surface area (Å²) in [4.78, 5) is 0. The third kappa shape index (κ3) is 4.42. The van der Waals surface area contributed by atoms with Crippen molar-refractivity contribution in [2.75, 3.05) is 0 Å². The van der Waals surface area contributed by atoms with Crippen molar-refractivity contribution in [2.45, 2.75) is 59.3 Å². The zero-order valence-corrected chi connectivity index (χ0v) is 19.5. The Balaban J connectivity index is 0.00000261. The van der Waals surface area contributed by atoms with Crippen molar-refractivity contribution in [2.24, 2.45) is 0 Å². The first-order chi connectivity index (χ1) is 12.4. The van der Waals surface area contributed by atoms with Crippen LogP contribution in [0.15, 0.2) is 48.8 Å². The maximum atomic E-state index is 4.45. The molecule has 0 N–H and O–H groups in total. The average molecular weight is 538 g/mol. The number of rotatable bonds is 5. The van der Waals surface area contributed by atoms with E-state index in [1.54, 1.807) is 0 Å². The number of benzene rings is 2. The fraction of sp³-hybridized carbons (Fsp3) is 0.375. The van der Waals surface area contributed by atoms with Crippen molar-refractivity contribution in [3.63, 3.8) is 0 Å². The van der Waals surface area contributed by atoms with Crippen LogP contribution >= 0.6 is 0 Å². The Bertz CT molecular complexity index is 848. The normalized spacial score (nSPS) is 11.3. The van der Waals surface area contributed by atoms with Gasteiger partial charge in [-0.05, 0) is 46.2 Å². The van der Waals surface area contributed by atoms with Crippen LogP contribution in [0.5, 0.6) is 0 Å². The zero-order valence-electron chi connectivity index (χ0n) is 17.1. The van der Waals surface area contributed by atoms with E-state index in [2.05, 4.69) is 77.0 Å². The molecule has 27 heavy (non-hydrogen) atoms. The van der Waals surface area contributed by atoms with Gasteiger partial charge in [0.05, 0.1) is 0 Å². The molecule has 0 unspecified atom stereocenters. The van der Waals surface area contributed by atoms with E-state index < -0.39 is 0 Å². The molecule has 0 aliphatic rings. The first-order valence-electron chi connectivity index (χ1n) is 9.59. The fourth-order valence-corrected chi connectivity index (χ4v) is 3.49. The second kappa shape index (κ2) is 8.99. The quantitative estimate of drug-likeness (QED) is 0.331. The molecule has 0 bridgehead atoms. The molecule has 1 aromatic heterocycles. The topological polar surface area (TPSA) is 17.8 Å². The van der Waals surface area contributed by atoms with Gasteiger partial charge in [-0.1, -0.05) is 59.2 Å². The van der Waals surface area contributed by atoms with E-state index in [9.17, 15) is 0 Å². The summed E-state index contributed by atoms with van der Waals surface area (Å²) < 4.78 is 1.92. The summed E-state index contributed by atoms with van der Waals surface area (Å²) in [7, 11) is 0. The van der Waals surface area contributed by atoms with Gasteiger partial charge in [-0.3, -0.25) is 4.68 Å². The summed E-state index contributed by atoms with van der Waals surface area (Å²) in [6.45, 7) is 13.7. The molecule has 3 aromatic rings. The van der Waals surface area contributed by atoms with Crippen molar-refractivity contribution in [1.29, 1.82) is 0 Å². The zero-order chi connectivity index (χ0) is 18.8. The van der Waals surface area contributed by atoms with Crippen LogP contribution < -0.4 is 0 Å². The summed E-state index contributed by atoms with van der Waals surface area (Å²) in [6.07, 6.45) is 3.81. The van der Waals surface area contributed by atoms with Crippen LogP contribution in [0.25, 0.3) is 16.8 Å². The van der Waals surface area contributed by atoms with Crippen molar-refractivity contribution in [3.8, 4) is 16.8 Å². The van der Waals surface area contributed by atoms with Gasteiger partial charge in [0.15, 0.2) is 0 Å². The largest absolute Gasteiger partial charge is 0.265 e. The second-order valence-corrected chi connectivity index (χ2v) is 7.92. The van der Waals surface area contributed by atoms with Gasteiger partial charge >= 0.3 is 0 Å². The predicted octanol–water partition coefficient (Wildman–Crippen LogP) is 6.71. The van der Waals surface area contributed by atoms with Crippen LogP contribution in [0, 0.1) is 6.07 Å². The molecule has 1 heterocycles. The number of aromatic nitrogens is 2. The predicted molar refractivity (Wildman–Crippen MR) is 110 cm³/mol. The third-order valence-electron chi connectivity index (χ3n) is 4.97. The van der Waals surface area contributed by atoms with Crippen LogP contribution in [0.4, 0.5) is 0 Å². The average Bonchev–Trinajstić information content (AvgIpc) is 3.14. The first-order valence-corrected chi connectivity index (χ1v) is 9.59. The summed E-state index contributed by atoms with van der Waals surface area (Å²) in [6, 6.07) is 16.4. The van der Waals surface area contributed by atoms with Gasteiger partial charge in [-0.15, -0.1) is 5.56 Å². The van der Waals surface area contributed by atoms with Gasteiger partial charge < -0.3 is 0 Å². The standard InChI is InChI=1S/C24H29N2.Ir/c1-16(2)19-14-21(17(3)4)24(22(15-19)18(5)6)20-10-7-8-11-23(20)26-13-9-12-25-26;/h7-10,12-18H,1-6H3;/q-1;. The molecule has 2 nitrogen and oxygen atoms in total. The monoisotopic (exact) mass is 538 g/mol. The fourth-order valence-electron chi connectivity index (χ4n) is 3.49. The molecule has 3 heteroatoms. The summed E-state index contributed by atoms with van der Waals surface area (Å²) >= 11 is 0. The SMILES string of the molecule is CC(C)c1cc(C(C)C)c(-c2ccc[c-]c2-n2cccn2)c(C(C)C)c1.[Ir]. The van der Waals surface area contributed by atoms with Gasteiger partial charge in [0.25, 0.3) is 0 Å².